The highest BCUT2D eigenvalue weighted by Crippen LogP contribution is 2.33. The molecule has 2 aromatic heterocycles. The van der Waals surface area contributed by atoms with Crippen molar-refractivity contribution in [3.63, 3.8) is 0 Å². The molecule has 2 aromatic carbocycles. The molecule has 4 aromatic rings. The van der Waals surface area contributed by atoms with Gasteiger partial charge in [0.15, 0.2) is 0 Å². The van der Waals surface area contributed by atoms with E-state index in [-0.39, 0.29) is 0 Å². The molecular weight excluding hydrogens is 386 g/mol. The molecule has 0 bridgehead atoms. The van der Waals surface area contributed by atoms with Crippen LogP contribution in [0.5, 0.6) is 5.75 Å². The van der Waals surface area contributed by atoms with Crippen molar-refractivity contribution < 1.29 is 4.74 Å². The predicted octanol–water partition coefficient (Wildman–Crippen LogP) is 5.64. The van der Waals surface area contributed by atoms with E-state index in [0.717, 1.165) is 34.7 Å². The van der Waals surface area contributed by atoms with Gasteiger partial charge < -0.3 is 9.30 Å². The number of aliphatic imine (C=N–C) groups is 1. The predicted molar refractivity (Wildman–Crippen MR) is 123 cm³/mol. The first-order valence-electron chi connectivity index (χ1n) is 11.1. The van der Waals surface area contributed by atoms with Gasteiger partial charge in [0, 0.05) is 28.9 Å². The van der Waals surface area contributed by atoms with E-state index in [1.54, 1.807) is 0 Å². The van der Waals surface area contributed by atoms with E-state index < -0.39 is 0 Å². The van der Waals surface area contributed by atoms with E-state index in [9.17, 15) is 0 Å². The fraction of sp³-hybridized carbons (Fsp3) is 0.320. The number of ether oxygens (including phenoxy) is 1. The van der Waals surface area contributed by atoms with Gasteiger partial charge in [0.2, 0.25) is 5.95 Å². The smallest absolute Gasteiger partial charge is 0.245 e. The van der Waals surface area contributed by atoms with Crippen LogP contribution in [-0.2, 0) is 6.54 Å². The van der Waals surface area contributed by atoms with Crippen LogP contribution in [0.15, 0.2) is 66.0 Å². The summed E-state index contributed by atoms with van der Waals surface area (Å²) in [6.07, 6.45) is 12.1. The Bertz CT molecular complexity index is 1140. The molecule has 0 atom stereocenters. The van der Waals surface area contributed by atoms with Crippen LogP contribution >= 0.6 is 0 Å². The minimum Gasteiger partial charge on any atom is -0.492 e. The molecule has 1 saturated carbocycles. The summed E-state index contributed by atoms with van der Waals surface area (Å²) in [6.45, 7) is 1.38. The molecule has 1 aliphatic carbocycles. The Hall–Kier alpha value is -3.41. The maximum Gasteiger partial charge on any atom is 0.245 e. The summed E-state index contributed by atoms with van der Waals surface area (Å²) in [5.41, 5.74) is 3.67. The number of para-hydroxylation sites is 1. The number of nitrogens with one attached hydrogen (secondary N) is 1. The van der Waals surface area contributed by atoms with Crippen LogP contribution in [0.2, 0.25) is 0 Å². The Labute approximate surface area is 182 Å². The molecule has 1 fully saturated rings. The van der Waals surface area contributed by atoms with E-state index in [4.69, 9.17) is 4.74 Å². The van der Waals surface area contributed by atoms with E-state index in [0.29, 0.717) is 12.6 Å². The summed E-state index contributed by atoms with van der Waals surface area (Å²) in [6, 6.07) is 17.1. The van der Waals surface area contributed by atoms with Gasteiger partial charge in [-0.15, -0.1) is 0 Å². The van der Waals surface area contributed by atoms with E-state index in [2.05, 4.69) is 73.4 Å². The number of aromatic amines is 1. The van der Waals surface area contributed by atoms with Gasteiger partial charge in [-0.1, -0.05) is 49.6 Å². The van der Waals surface area contributed by atoms with Gasteiger partial charge in [-0.25, -0.2) is 10.1 Å². The Morgan fingerprint density at radius 1 is 1.06 bits per heavy atom. The number of H-pyrrole nitrogens is 1. The van der Waals surface area contributed by atoms with Crippen molar-refractivity contribution in [2.45, 2.75) is 44.6 Å². The SMILES string of the molecule is C(=Nc1ncn[nH]1)c1cn(CCOc2ccc(C3CCCCC3)cc2)c2ccccc12. The second-order valence-corrected chi connectivity index (χ2v) is 8.11. The zero-order chi connectivity index (χ0) is 20.9. The zero-order valence-electron chi connectivity index (χ0n) is 17.6. The van der Waals surface area contributed by atoms with Crippen LogP contribution in [0, 0.1) is 0 Å². The fourth-order valence-corrected chi connectivity index (χ4v) is 4.49. The summed E-state index contributed by atoms with van der Waals surface area (Å²) in [4.78, 5) is 8.42. The molecule has 6 nitrogen and oxygen atoms in total. The number of benzene rings is 2. The van der Waals surface area contributed by atoms with Crippen molar-refractivity contribution >= 4 is 23.1 Å². The van der Waals surface area contributed by atoms with Crippen molar-refractivity contribution in [1.82, 2.24) is 19.7 Å². The summed E-state index contributed by atoms with van der Waals surface area (Å²) in [7, 11) is 0. The Kier molecular flexibility index (Phi) is 5.78. The lowest BCUT2D eigenvalue weighted by Crippen LogP contribution is -2.08. The summed E-state index contributed by atoms with van der Waals surface area (Å²) in [5.74, 6) is 2.16. The molecule has 0 radical (unpaired) electrons. The third-order valence-corrected chi connectivity index (χ3v) is 6.11. The quantitative estimate of drug-likeness (QED) is 0.399. The van der Waals surface area contributed by atoms with Gasteiger partial charge in [-0.2, -0.15) is 10.1 Å². The first-order chi connectivity index (χ1) is 15.4. The molecule has 1 N–H and O–H groups in total. The minimum atomic E-state index is 0.497. The second-order valence-electron chi connectivity index (χ2n) is 8.11. The number of rotatable bonds is 7. The maximum atomic E-state index is 6.05. The number of fused-ring (bicyclic) bond motifs is 1. The topological polar surface area (TPSA) is 68.1 Å². The van der Waals surface area contributed by atoms with Crippen LogP contribution in [0.4, 0.5) is 5.95 Å². The van der Waals surface area contributed by atoms with Crippen LogP contribution in [0.25, 0.3) is 10.9 Å². The van der Waals surface area contributed by atoms with Crippen molar-refractivity contribution in [2.24, 2.45) is 4.99 Å². The van der Waals surface area contributed by atoms with Gasteiger partial charge in [0.1, 0.15) is 18.7 Å². The average Bonchev–Trinajstić information content (AvgIpc) is 3.47. The summed E-state index contributed by atoms with van der Waals surface area (Å²) >= 11 is 0. The first-order valence-corrected chi connectivity index (χ1v) is 11.1. The molecule has 0 spiro atoms. The molecule has 1 aliphatic rings. The highest BCUT2D eigenvalue weighted by Gasteiger charge is 2.15. The highest BCUT2D eigenvalue weighted by molar-refractivity contribution is 5.99. The molecule has 31 heavy (non-hydrogen) atoms. The van der Waals surface area contributed by atoms with Crippen LogP contribution in [0.3, 0.4) is 0 Å². The third-order valence-electron chi connectivity index (χ3n) is 6.11. The molecule has 0 unspecified atom stereocenters. The number of nitrogens with zero attached hydrogens (tertiary/aromatic N) is 4. The fourth-order valence-electron chi connectivity index (χ4n) is 4.49. The number of hydrogen-bond donors (Lipinski definition) is 1. The first kappa shape index (κ1) is 19.5. The molecule has 5 rings (SSSR count). The molecular formula is C25H27N5O. The zero-order valence-corrected chi connectivity index (χ0v) is 17.6. The maximum absolute atomic E-state index is 6.05. The van der Waals surface area contributed by atoms with Gasteiger partial charge >= 0.3 is 0 Å². The lowest BCUT2D eigenvalue weighted by Gasteiger charge is -2.22. The summed E-state index contributed by atoms with van der Waals surface area (Å²) < 4.78 is 8.27. The van der Waals surface area contributed by atoms with Gasteiger partial charge in [-0.3, -0.25) is 0 Å². The van der Waals surface area contributed by atoms with E-state index in [1.165, 1.54) is 44.0 Å². The molecule has 158 valence electrons. The van der Waals surface area contributed by atoms with Crippen molar-refractivity contribution in [3.8, 4) is 5.75 Å². The Morgan fingerprint density at radius 2 is 1.90 bits per heavy atom. The standard InChI is InChI=1S/C25H27N5O/c1-2-6-19(7-3-1)20-10-12-22(13-11-20)31-15-14-30-17-21(16-26-25-27-18-28-29-25)23-8-4-5-9-24(23)30/h4-5,8-13,16-19H,1-3,6-7,14-15H2,(H,27,28,29). The largest absolute Gasteiger partial charge is 0.492 e. The van der Waals surface area contributed by atoms with E-state index in [1.807, 2.05) is 12.3 Å². The molecule has 0 aliphatic heterocycles. The number of aromatic nitrogens is 4. The highest BCUT2D eigenvalue weighted by atomic mass is 16.5. The lowest BCUT2D eigenvalue weighted by molar-refractivity contribution is 0.300. The Morgan fingerprint density at radius 3 is 2.71 bits per heavy atom. The summed E-state index contributed by atoms with van der Waals surface area (Å²) in [5, 5.41) is 7.74. The van der Waals surface area contributed by atoms with Crippen molar-refractivity contribution in [1.29, 1.82) is 0 Å². The monoisotopic (exact) mass is 413 g/mol. The van der Waals surface area contributed by atoms with Crippen LogP contribution in [-0.4, -0.2) is 32.6 Å². The molecule has 0 saturated heterocycles. The van der Waals surface area contributed by atoms with Gasteiger partial charge in [0.05, 0.1) is 6.54 Å². The van der Waals surface area contributed by atoms with Crippen molar-refractivity contribution in [2.75, 3.05) is 6.61 Å². The van der Waals surface area contributed by atoms with Gasteiger partial charge in [0.25, 0.3) is 0 Å². The molecule has 0 amide bonds. The third kappa shape index (κ3) is 4.53. The minimum absolute atomic E-state index is 0.497. The van der Waals surface area contributed by atoms with Crippen LogP contribution in [0.1, 0.15) is 49.1 Å². The van der Waals surface area contributed by atoms with Crippen molar-refractivity contribution in [3.05, 3.63) is 72.2 Å². The lowest BCUT2D eigenvalue weighted by atomic mass is 9.84. The Balaban J connectivity index is 1.24. The molecule has 2 heterocycles. The normalized spacial score (nSPS) is 15.1. The second kappa shape index (κ2) is 9.16. The van der Waals surface area contributed by atoms with Gasteiger partial charge in [-0.05, 0) is 42.5 Å². The molecule has 6 heteroatoms. The van der Waals surface area contributed by atoms with Crippen LogP contribution < -0.4 is 4.74 Å². The number of hydrogen-bond acceptors (Lipinski definition) is 4. The average molecular weight is 414 g/mol. The van der Waals surface area contributed by atoms with E-state index >= 15 is 0 Å².